The highest BCUT2D eigenvalue weighted by atomic mass is 32.1. The van der Waals surface area contributed by atoms with Crippen molar-refractivity contribution in [3.8, 4) is 16.2 Å². The average molecular weight is 867 g/mol. The van der Waals surface area contributed by atoms with Gasteiger partial charge in [0.1, 0.15) is 35.9 Å². The summed E-state index contributed by atoms with van der Waals surface area (Å²) in [6.07, 6.45) is 1.22. The van der Waals surface area contributed by atoms with Crippen molar-refractivity contribution in [2.24, 2.45) is 11.1 Å². The molecule has 1 aliphatic heterocycles. The maximum atomic E-state index is 14.6. The number of β-amino-alcohol motifs (C(OH)–C–C–N with tert-alkyl or cyclic N) is 1. The van der Waals surface area contributed by atoms with Gasteiger partial charge in [0.25, 0.3) is 0 Å². The number of aryl methyl sites for hydroxylation is 2. The van der Waals surface area contributed by atoms with Gasteiger partial charge in [-0.15, -0.1) is 11.3 Å². The summed E-state index contributed by atoms with van der Waals surface area (Å²) in [5.74, 6) is -1.89. The Kier molecular flexibility index (Phi) is 17.2. The standard InChI is InChI=1S/C45H63FN6O8S/c1-27(30-14-16-31(17-15-30)39-28(2)48-26-61-39)49-41(56)36-23-34(53)24-52(36)42(57)40(44(3,4)5)51-38(55)13-11-9-10-12-29-20-32(46)22-35(21-29)59-25-33(18-19-37(47)54)50-43(58)60-45(6,7)8/h14-17,20-22,26-27,33-34,36,40,53H,9-13,18-19,23-25H2,1-8H3,(H2,47,54)(H,49,56)(H,50,58)(H,51,55)/t27?,33?,34-,36+,40?/m1/s1. The van der Waals surface area contributed by atoms with Crippen molar-refractivity contribution >= 4 is 41.1 Å². The Morgan fingerprint density at radius 2 is 1.69 bits per heavy atom. The van der Waals surface area contributed by atoms with Crippen LogP contribution in [0.3, 0.4) is 0 Å². The smallest absolute Gasteiger partial charge is 0.407 e. The number of carbonyl (C=O) groups excluding carboxylic acids is 5. The molecule has 0 bridgehead atoms. The van der Waals surface area contributed by atoms with Crippen LogP contribution >= 0.6 is 11.3 Å². The molecule has 4 rings (SSSR count). The molecule has 14 nitrogen and oxygen atoms in total. The van der Waals surface area contributed by atoms with Crippen molar-refractivity contribution in [3.63, 3.8) is 0 Å². The Morgan fingerprint density at radius 1 is 0.984 bits per heavy atom. The quantitative estimate of drug-likeness (QED) is 0.0862. The molecule has 16 heteroatoms. The summed E-state index contributed by atoms with van der Waals surface area (Å²) in [5.41, 5.74) is 9.26. The lowest BCUT2D eigenvalue weighted by molar-refractivity contribution is -0.144. The van der Waals surface area contributed by atoms with Crippen LogP contribution in [0.2, 0.25) is 0 Å². The molecule has 1 saturated heterocycles. The van der Waals surface area contributed by atoms with E-state index in [1.165, 1.54) is 17.0 Å². The van der Waals surface area contributed by atoms with E-state index in [0.717, 1.165) is 21.7 Å². The number of carbonyl (C=O) groups is 5. The van der Waals surface area contributed by atoms with Crippen LogP contribution in [0.25, 0.3) is 10.4 Å². The van der Waals surface area contributed by atoms with E-state index in [9.17, 15) is 33.5 Å². The van der Waals surface area contributed by atoms with Crippen molar-refractivity contribution in [1.82, 2.24) is 25.8 Å². The van der Waals surface area contributed by atoms with E-state index < -0.39 is 59.0 Å². The number of likely N-dealkylation sites (tertiary alicyclic amines) is 1. The van der Waals surface area contributed by atoms with Crippen molar-refractivity contribution < 1.29 is 42.9 Å². The second-order valence-corrected chi connectivity index (χ2v) is 18.8. The first kappa shape index (κ1) is 48.6. The second-order valence-electron chi connectivity index (χ2n) is 17.9. The fraction of sp³-hybridized carbons (Fsp3) is 0.556. The van der Waals surface area contributed by atoms with E-state index in [2.05, 4.69) is 20.9 Å². The maximum absolute atomic E-state index is 14.6. The molecule has 334 valence electrons. The van der Waals surface area contributed by atoms with Crippen LogP contribution < -0.4 is 26.4 Å². The van der Waals surface area contributed by atoms with Crippen LogP contribution in [-0.2, 0) is 30.3 Å². The predicted octanol–water partition coefficient (Wildman–Crippen LogP) is 6.27. The first-order valence-electron chi connectivity index (χ1n) is 20.9. The van der Waals surface area contributed by atoms with Gasteiger partial charge in [-0.05, 0) is 94.5 Å². The number of halogens is 1. The van der Waals surface area contributed by atoms with Crippen molar-refractivity contribution in [3.05, 3.63) is 70.6 Å². The number of aliphatic hydroxyl groups excluding tert-OH is 1. The van der Waals surface area contributed by atoms with Gasteiger partial charge in [-0.25, -0.2) is 14.2 Å². The van der Waals surface area contributed by atoms with Crippen molar-refractivity contribution in [2.45, 2.75) is 143 Å². The number of ether oxygens (including phenoxy) is 2. The molecule has 1 fully saturated rings. The Hall–Kier alpha value is -5.09. The number of nitrogens with two attached hydrogens (primary N) is 1. The summed E-state index contributed by atoms with van der Waals surface area (Å²) in [5, 5.41) is 19.2. The van der Waals surface area contributed by atoms with Crippen LogP contribution in [0.5, 0.6) is 5.75 Å². The summed E-state index contributed by atoms with van der Waals surface area (Å²) in [7, 11) is 0. The van der Waals surface area contributed by atoms with E-state index in [1.807, 2.05) is 58.9 Å². The fourth-order valence-electron chi connectivity index (χ4n) is 7.07. The lowest BCUT2D eigenvalue weighted by atomic mass is 9.85. The van der Waals surface area contributed by atoms with Crippen molar-refractivity contribution in [1.29, 1.82) is 0 Å². The fourth-order valence-corrected chi connectivity index (χ4v) is 7.88. The summed E-state index contributed by atoms with van der Waals surface area (Å²) in [6, 6.07) is 9.43. The van der Waals surface area contributed by atoms with Gasteiger partial charge in [-0.3, -0.25) is 19.2 Å². The van der Waals surface area contributed by atoms with Gasteiger partial charge in [0.2, 0.25) is 23.6 Å². The van der Waals surface area contributed by atoms with Crippen LogP contribution in [0.4, 0.5) is 9.18 Å². The number of nitrogens with zero attached hydrogens (tertiary/aromatic N) is 2. The average Bonchev–Trinajstić information content (AvgIpc) is 3.78. The number of nitrogens with one attached hydrogen (secondary N) is 3. The number of alkyl carbamates (subject to hydrolysis) is 1. The lowest BCUT2D eigenvalue weighted by Gasteiger charge is -2.35. The minimum Gasteiger partial charge on any atom is -0.491 e. The van der Waals surface area contributed by atoms with Gasteiger partial charge >= 0.3 is 6.09 Å². The van der Waals surface area contributed by atoms with E-state index in [0.29, 0.717) is 31.2 Å². The third-order valence-electron chi connectivity index (χ3n) is 10.3. The van der Waals surface area contributed by atoms with Crippen LogP contribution in [-0.4, -0.2) is 87.7 Å². The second kappa shape index (κ2) is 21.6. The highest BCUT2D eigenvalue weighted by molar-refractivity contribution is 7.13. The molecule has 0 radical (unpaired) electrons. The Balaban J connectivity index is 1.27. The highest BCUT2D eigenvalue weighted by Crippen LogP contribution is 2.30. The zero-order valence-electron chi connectivity index (χ0n) is 36.6. The van der Waals surface area contributed by atoms with Crippen molar-refractivity contribution in [2.75, 3.05) is 13.2 Å². The SMILES string of the molecule is Cc1ncsc1-c1ccc(C(C)NC(=O)[C@@H]2C[C@@H](O)CN2C(=O)C(NC(=O)CCCCCc2cc(F)cc(OCC(CCC(N)=O)NC(=O)OC(C)(C)C)c2)C(C)(C)C)cc1. The third-order valence-corrected chi connectivity index (χ3v) is 11.2. The van der Waals surface area contributed by atoms with E-state index in [1.54, 1.807) is 43.7 Å². The Labute approximate surface area is 362 Å². The van der Waals surface area contributed by atoms with Gasteiger partial charge in [-0.1, -0.05) is 51.5 Å². The van der Waals surface area contributed by atoms with Gasteiger partial charge in [0.15, 0.2) is 0 Å². The van der Waals surface area contributed by atoms with Crippen LogP contribution in [0, 0.1) is 18.2 Å². The number of benzene rings is 2. The van der Waals surface area contributed by atoms with E-state index in [4.69, 9.17) is 15.2 Å². The molecule has 6 N–H and O–H groups in total. The molecule has 1 aromatic heterocycles. The first-order valence-corrected chi connectivity index (χ1v) is 21.8. The van der Waals surface area contributed by atoms with Crippen LogP contribution in [0.1, 0.15) is 116 Å². The maximum Gasteiger partial charge on any atom is 0.407 e. The minimum atomic E-state index is -0.943. The number of primary amides is 1. The number of aromatic nitrogens is 1. The Bertz CT molecular complexity index is 1980. The molecule has 5 amide bonds. The monoisotopic (exact) mass is 866 g/mol. The lowest BCUT2D eigenvalue weighted by Crippen LogP contribution is -2.57. The number of hydrogen-bond donors (Lipinski definition) is 5. The molecule has 3 unspecified atom stereocenters. The number of amides is 5. The molecule has 5 atom stereocenters. The molecular formula is C45H63FN6O8S. The topological polar surface area (TPSA) is 202 Å². The van der Waals surface area contributed by atoms with Gasteiger partial charge < -0.3 is 41.2 Å². The van der Waals surface area contributed by atoms with Crippen LogP contribution in [0.15, 0.2) is 48.0 Å². The Morgan fingerprint density at radius 3 is 2.31 bits per heavy atom. The number of hydrogen-bond acceptors (Lipinski definition) is 10. The highest BCUT2D eigenvalue weighted by Gasteiger charge is 2.44. The first-order chi connectivity index (χ1) is 28.6. The summed E-state index contributed by atoms with van der Waals surface area (Å²) < 4.78 is 25.7. The molecule has 1 aliphatic rings. The molecule has 2 heterocycles. The molecule has 2 aromatic carbocycles. The summed E-state index contributed by atoms with van der Waals surface area (Å²) >= 11 is 1.56. The molecule has 0 spiro atoms. The summed E-state index contributed by atoms with van der Waals surface area (Å²) in [4.78, 5) is 71.5. The normalized spacial score (nSPS) is 16.9. The molecule has 0 aliphatic carbocycles. The van der Waals surface area contributed by atoms with Gasteiger partial charge in [0.05, 0.1) is 34.3 Å². The van der Waals surface area contributed by atoms with E-state index >= 15 is 0 Å². The van der Waals surface area contributed by atoms with E-state index in [-0.39, 0.29) is 62.4 Å². The number of unbranched alkanes of at least 4 members (excludes halogenated alkanes) is 2. The molecule has 61 heavy (non-hydrogen) atoms. The molecular weight excluding hydrogens is 804 g/mol. The molecule has 3 aromatic rings. The largest absolute Gasteiger partial charge is 0.491 e. The number of aliphatic hydroxyl groups is 1. The third kappa shape index (κ3) is 15.4. The zero-order valence-corrected chi connectivity index (χ0v) is 37.5. The van der Waals surface area contributed by atoms with Gasteiger partial charge in [0, 0.05) is 31.9 Å². The molecule has 0 saturated carbocycles. The predicted molar refractivity (Wildman–Crippen MR) is 232 cm³/mol. The van der Waals surface area contributed by atoms with Gasteiger partial charge in [-0.2, -0.15) is 0 Å². The number of rotatable bonds is 19. The zero-order chi connectivity index (χ0) is 45.1. The summed E-state index contributed by atoms with van der Waals surface area (Å²) in [6.45, 7) is 14.5. The minimum absolute atomic E-state index is 0.0107. The number of thiazole rings is 1.